The Morgan fingerprint density at radius 3 is 2.38 bits per heavy atom. The molecule has 1 amide bonds. The second kappa shape index (κ2) is 12.6. The minimum Gasteiger partial charge on any atom is -0.469 e. The van der Waals surface area contributed by atoms with Gasteiger partial charge in [-0.1, -0.05) is 20.3 Å². The number of unbranched alkanes of at least 4 members (excludes halogenated alkanes) is 1. The van der Waals surface area contributed by atoms with Crippen molar-refractivity contribution in [2.24, 2.45) is 5.92 Å². The van der Waals surface area contributed by atoms with E-state index in [-0.39, 0.29) is 24.4 Å². The van der Waals surface area contributed by atoms with Crippen LogP contribution in [0.1, 0.15) is 33.1 Å². The third kappa shape index (κ3) is 9.42. The molecule has 0 aromatic heterocycles. The van der Waals surface area contributed by atoms with E-state index in [2.05, 4.69) is 11.7 Å². The van der Waals surface area contributed by atoms with Crippen LogP contribution in [-0.2, 0) is 23.8 Å². The Labute approximate surface area is 127 Å². The summed E-state index contributed by atoms with van der Waals surface area (Å²) in [5, 5.41) is 0. The molecule has 1 unspecified atom stereocenters. The molecule has 0 rings (SSSR count). The first kappa shape index (κ1) is 19.9. The molecule has 6 heteroatoms. The number of amides is 1. The maximum Gasteiger partial charge on any atom is 0.310 e. The molecule has 0 saturated heterocycles. The van der Waals surface area contributed by atoms with Gasteiger partial charge >= 0.3 is 5.97 Å². The molecular weight excluding hydrogens is 274 g/mol. The normalized spacial score (nSPS) is 12.0. The summed E-state index contributed by atoms with van der Waals surface area (Å²) in [6, 6.07) is 0. The van der Waals surface area contributed by atoms with E-state index in [1.54, 1.807) is 11.8 Å². The van der Waals surface area contributed by atoms with E-state index in [9.17, 15) is 9.59 Å². The molecular formula is C15H29NO5. The molecule has 0 heterocycles. The lowest BCUT2D eigenvalue weighted by Gasteiger charge is -2.24. The summed E-state index contributed by atoms with van der Waals surface area (Å²) in [5.74, 6) is -0.789. The maximum atomic E-state index is 12.0. The van der Waals surface area contributed by atoms with Crippen molar-refractivity contribution < 1.29 is 23.8 Å². The Balaban J connectivity index is 4.20. The lowest BCUT2D eigenvalue weighted by molar-refractivity contribution is -0.147. The quantitative estimate of drug-likeness (QED) is 0.403. The van der Waals surface area contributed by atoms with E-state index in [0.29, 0.717) is 19.7 Å². The van der Waals surface area contributed by atoms with Crippen molar-refractivity contribution in [3.05, 3.63) is 0 Å². The van der Waals surface area contributed by atoms with Crippen LogP contribution in [0.4, 0.5) is 0 Å². The standard InChI is InChI=1S/C15H29NO5/c1-5-6-9-21-10-7-8-16(14(17)12-19-3)11-13(2)15(18)20-4/h13H,5-12H2,1-4H3. The zero-order chi connectivity index (χ0) is 16.1. The van der Waals surface area contributed by atoms with Gasteiger partial charge in [0.25, 0.3) is 0 Å². The Morgan fingerprint density at radius 2 is 1.81 bits per heavy atom. The Kier molecular flexibility index (Phi) is 11.9. The monoisotopic (exact) mass is 303 g/mol. The highest BCUT2D eigenvalue weighted by Crippen LogP contribution is 2.05. The zero-order valence-corrected chi connectivity index (χ0v) is 13.7. The first-order valence-electron chi connectivity index (χ1n) is 7.49. The predicted molar refractivity (Wildman–Crippen MR) is 80.0 cm³/mol. The molecule has 124 valence electrons. The number of esters is 1. The minimum atomic E-state index is -0.350. The molecule has 0 fully saturated rings. The van der Waals surface area contributed by atoms with Crippen LogP contribution in [0.2, 0.25) is 0 Å². The smallest absolute Gasteiger partial charge is 0.310 e. The zero-order valence-electron chi connectivity index (χ0n) is 13.7. The van der Waals surface area contributed by atoms with E-state index < -0.39 is 0 Å². The van der Waals surface area contributed by atoms with Gasteiger partial charge in [0.05, 0.1) is 13.0 Å². The molecule has 0 aliphatic heterocycles. The van der Waals surface area contributed by atoms with Gasteiger partial charge in [-0.3, -0.25) is 9.59 Å². The van der Waals surface area contributed by atoms with E-state index in [1.807, 2.05) is 0 Å². The number of rotatable bonds is 12. The summed E-state index contributed by atoms with van der Waals surface area (Å²) >= 11 is 0. The van der Waals surface area contributed by atoms with Crippen molar-refractivity contribution in [3.8, 4) is 0 Å². The number of carbonyl (C=O) groups is 2. The van der Waals surface area contributed by atoms with Gasteiger partial charge in [0.15, 0.2) is 0 Å². The number of hydrogen-bond acceptors (Lipinski definition) is 5. The molecule has 0 aliphatic carbocycles. The van der Waals surface area contributed by atoms with Crippen molar-refractivity contribution in [2.45, 2.75) is 33.1 Å². The van der Waals surface area contributed by atoms with Crippen LogP contribution in [-0.4, -0.2) is 63.9 Å². The number of hydrogen-bond donors (Lipinski definition) is 0. The fourth-order valence-electron chi connectivity index (χ4n) is 1.84. The highest BCUT2D eigenvalue weighted by Gasteiger charge is 2.21. The lowest BCUT2D eigenvalue weighted by Crippen LogP contribution is -2.40. The topological polar surface area (TPSA) is 65.1 Å². The first-order chi connectivity index (χ1) is 10.1. The predicted octanol–water partition coefficient (Wildman–Crippen LogP) is 1.48. The third-order valence-corrected chi connectivity index (χ3v) is 3.08. The molecule has 0 aliphatic rings. The van der Waals surface area contributed by atoms with Crippen molar-refractivity contribution in [1.29, 1.82) is 0 Å². The summed E-state index contributed by atoms with van der Waals surface area (Å²) in [5.41, 5.74) is 0. The lowest BCUT2D eigenvalue weighted by atomic mass is 10.1. The summed E-state index contributed by atoms with van der Waals surface area (Å²) in [6.07, 6.45) is 2.90. The Morgan fingerprint density at radius 1 is 1.14 bits per heavy atom. The summed E-state index contributed by atoms with van der Waals surface area (Å²) in [6.45, 7) is 6.13. The summed E-state index contributed by atoms with van der Waals surface area (Å²) < 4.78 is 15.0. The molecule has 1 atom stereocenters. The van der Waals surface area contributed by atoms with E-state index in [1.165, 1.54) is 14.2 Å². The SMILES string of the molecule is CCCCOCCCN(CC(C)C(=O)OC)C(=O)COC. The van der Waals surface area contributed by atoms with Crippen LogP contribution in [0, 0.1) is 5.92 Å². The van der Waals surface area contributed by atoms with Gasteiger partial charge in [0, 0.05) is 33.4 Å². The van der Waals surface area contributed by atoms with Crippen LogP contribution < -0.4 is 0 Å². The van der Waals surface area contributed by atoms with Crippen LogP contribution in [0.5, 0.6) is 0 Å². The molecule has 0 aromatic rings. The van der Waals surface area contributed by atoms with E-state index in [0.717, 1.165) is 25.9 Å². The van der Waals surface area contributed by atoms with Crippen LogP contribution in [0.25, 0.3) is 0 Å². The fraction of sp³-hybridized carbons (Fsp3) is 0.867. The fourth-order valence-corrected chi connectivity index (χ4v) is 1.84. The summed E-state index contributed by atoms with van der Waals surface area (Å²) in [4.78, 5) is 25.1. The van der Waals surface area contributed by atoms with Gasteiger partial charge in [-0.05, 0) is 12.8 Å². The maximum absolute atomic E-state index is 12.0. The second-order valence-corrected chi connectivity index (χ2v) is 5.02. The van der Waals surface area contributed by atoms with E-state index in [4.69, 9.17) is 9.47 Å². The molecule has 0 spiro atoms. The number of carbonyl (C=O) groups excluding carboxylic acids is 2. The van der Waals surface area contributed by atoms with Crippen LogP contribution in [0.3, 0.4) is 0 Å². The van der Waals surface area contributed by atoms with Gasteiger partial charge in [-0.15, -0.1) is 0 Å². The largest absolute Gasteiger partial charge is 0.469 e. The van der Waals surface area contributed by atoms with Crippen molar-refractivity contribution >= 4 is 11.9 Å². The first-order valence-corrected chi connectivity index (χ1v) is 7.49. The Bertz CT molecular complexity index is 296. The average Bonchev–Trinajstić information content (AvgIpc) is 2.48. The minimum absolute atomic E-state index is 0.0184. The highest BCUT2D eigenvalue weighted by atomic mass is 16.5. The van der Waals surface area contributed by atoms with Crippen molar-refractivity contribution in [3.63, 3.8) is 0 Å². The number of ether oxygens (including phenoxy) is 3. The van der Waals surface area contributed by atoms with Crippen LogP contribution in [0.15, 0.2) is 0 Å². The van der Waals surface area contributed by atoms with Crippen LogP contribution >= 0.6 is 0 Å². The molecule has 6 nitrogen and oxygen atoms in total. The average molecular weight is 303 g/mol. The van der Waals surface area contributed by atoms with Crippen molar-refractivity contribution in [2.75, 3.05) is 47.1 Å². The second-order valence-electron chi connectivity index (χ2n) is 5.02. The van der Waals surface area contributed by atoms with Gasteiger partial charge in [0.1, 0.15) is 6.61 Å². The number of nitrogens with zero attached hydrogens (tertiary/aromatic N) is 1. The molecule has 21 heavy (non-hydrogen) atoms. The Hall–Kier alpha value is -1.14. The van der Waals surface area contributed by atoms with Gasteiger partial charge in [0.2, 0.25) is 5.91 Å². The van der Waals surface area contributed by atoms with Gasteiger partial charge < -0.3 is 19.1 Å². The van der Waals surface area contributed by atoms with Gasteiger partial charge in [-0.2, -0.15) is 0 Å². The molecule has 0 bridgehead atoms. The summed E-state index contributed by atoms with van der Waals surface area (Å²) in [7, 11) is 2.83. The molecule has 0 aromatic carbocycles. The third-order valence-electron chi connectivity index (χ3n) is 3.08. The highest BCUT2D eigenvalue weighted by molar-refractivity contribution is 5.78. The van der Waals surface area contributed by atoms with E-state index >= 15 is 0 Å². The molecule has 0 radical (unpaired) electrons. The van der Waals surface area contributed by atoms with Gasteiger partial charge in [-0.25, -0.2) is 0 Å². The molecule has 0 saturated carbocycles. The molecule has 0 N–H and O–H groups in total. The van der Waals surface area contributed by atoms with Crippen molar-refractivity contribution in [1.82, 2.24) is 4.90 Å². The number of methoxy groups -OCH3 is 2.